The minimum atomic E-state index is 0.0334. The Hall–Kier alpha value is -1.88. The van der Waals surface area contributed by atoms with Gasteiger partial charge in [-0.05, 0) is 36.5 Å². The van der Waals surface area contributed by atoms with E-state index < -0.39 is 0 Å². The van der Waals surface area contributed by atoms with Crippen molar-refractivity contribution in [3.05, 3.63) is 47.0 Å². The molecule has 0 aliphatic carbocycles. The van der Waals surface area contributed by atoms with E-state index in [-0.39, 0.29) is 11.9 Å². The zero-order chi connectivity index (χ0) is 17.1. The van der Waals surface area contributed by atoms with Gasteiger partial charge in [-0.2, -0.15) is 0 Å². The average molecular weight is 347 g/mol. The lowest BCUT2D eigenvalue weighted by molar-refractivity contribution is -0.131. The Balaban J connectivity index is 1.74. The highest BCUT2D eigenvalue weighted by molar-refractivity contribution is 6.30. The number of carbonyl (C=O) groups excluding carboxylic acids is 1. The molecular formula is C18H23ClN4O. The Labute approximate surface area is 147 Å². The second-order valence-electron chi connectivity index (χ2n) is 6.78. The van der Waals surface area contributed by atoms with Crippen LogP contribution in [0.4, 0.5) is 0 Å². The molecule has 0 radical (unpaired) electrons. The molecule has 2 aromatic rings. The summed E-state index contributed by atoms with van der Waals surface area (Å²) in [6.45, 7) is 5.99. The maximum absolute atomic E-state index is 12.8. The van der Waals surface area contributed by atoms with E-state index in [1.807, 2.05) is 29.2 Å². The van der Waals surface area contributed by atoms with E-state index in [0.717, 1.165) is 37.3 Å². The van der Waals surface area contributed by atoms with Gasteiger partial charge in [0.05, 0.1) is 12.5 Å². The van der Waals surface area contributed by atoms with Crippen molar-refractivity contribution in [1.82, 2.24) is 19.7 Å². The van der Waals surface area contributed by atoms with Crippen molar-refractivity contribution in [3.8, 4) is 0 Å². The SMILES string of the molecule is CC(C)Cn1cnnc1[C@@H]1CCCN1C(=O)Cc1ccc(Cl)cc1. The van der Waals surface area contributed by atoms with E-state index in [9.17, 15) is 4.79 Å². The number of rotatable bonds is 5. The normalized spacial score (nSPS) is 17.7. The first-order chi connectivity index (χ1) is 11.5. The van der Waals surface area contributed by atoms with Crippen LogP contribution in [-0.4, -0.2) is 32.1 Å². The molecule has 3 rings (SSSR count). The van der Waals surface area contributed by atoms with Crippen molar-refractivity contribution in [3.63, 3.8) is 0 Å². The van der Waals surface area contributed by atoms with E-state index in [2.05, 4.69) is 28.6 Å². The molecule has 24 heavy (non-hydrogen) atoms. The molecule has 1 amide bonds. The summed E-state index contributed by atoms with van der Waals surface area (Å²) in [6.07, 6.45) is 4.12. The van der Waals surface area contributed by atoms with Crippen LogP contribution < -0.4 is 0 Å². The Morgan fingerprint density at radius 1 is 1.33 bits per heavy atom. The van der Waals surface area contributed by atoms with Gasteiger partial charge in [0.15, 0.2) is 5.82 Å². The number of benzene rings is 1. The number of aromatic nitrogens is 3. The van der Waals surface area contributed by atoms with Gasteiger partial charge in [0.2, 0.25) is 5.91 Å². The molecule has 0 saturated carbocycles. The third kappa shape index (κ3) is 3.78. The predicted octanol–water partition coefficient (Wildman–Crippen LogP) is 3.49. The fourth-order valence-electron chi connectivity index (χ4n) is 3.27. The Kier molecular flexibility index (Phi) is 5.19. The van der Waals surface area contributed by atoms with Crippen LogP contribution in [0.15, 0.2) is 30.6 Å². The molecule has 2 heterocycles. The first kappa shape index (κ1) is 17.0. The van der Waals surface area contributed by atoms with Crippen molar-refractivity contribution in [1.29, 1.82) is 0 Å². The van der Waals surface area contributed by atoms with Gasteiger partial charge in [0.25, 0.3) is 0 Å². The van der Waals surface area contributed by atoms with Crippen LogP contribution in [0.5, 0.6) is 0 Å². The van der Waals surface area contributed by atoms with Crippen LogP contribution in [0.2, 0.25) is 5.02 Å². The van der Waals surface area contributed by atoms with Crippen LogP contribution in [0.1, 0.15) is 44.1 Å². The van der Waals surface area contributed by atoms with Crippen molar-refractivity contribution < 1.29 is 4.79 Å². The zero-order valence-corrected chi connectivity index (χ0v) is 14.9. The molecule has 1 saturated heterocycles. The van der Waals surface area contributed by atoms with Crippen LogP contribution in [0.3, 0.4) is 0 Å². The zero-order valence-electron chi connectivity index (χ0n) is 14.2. The van der Waals surface area contributed by atoms with Gasteiger partial charge in [0, 0.05) is 18.1 Å². The molecule has 1 aromatic carbocycles. The third-order valence-corrected chi connectivity index (χ3v) is 4.60. The molecule has 128 valence electrons. The minimum Gasteiger partial charge on any atom is -0.332 e. The first-order valence-electron chi connectivity index (χ1n) is 8.46. The maximum atomic E-state index is 12.8. The molecule has 0 unspecified atom stereocenters. The van der Waals surface area contributed by atoms with Crippen molar-refractivity contribution in [2.24, 2.45) is 5.92 Å². The fraction of sp³-hybridized carbons (Fsp3) is 0.500. The van der Waals surface area contributed by atoms with Crippen LogP contribution in [0.25, 0.3) is 0 Å². The predicted molar refractivity (Wildman–Crippen MR) is 93.7 cm³/mol. The van der Waals surface area contributed by atoms with Crippen LogP contribution >= 0.6 is 11.6 Å². The van der Waals surface area contributed by atoms with E-state index >= 15 is 0 Å². The summed E-state index contributed by atoms with van der Waals surface area (Å²) in [4.78, 5) is 14.7. The number of amides is 1. The number of hydrogen-bond acceptors (Lipinski definition) is 3. The van der Waals surface area contributed by atoms with Crippen LogP contribution in [-0.2, 0) is 17.8 Å². The van der Waals surface area contributed by atoms with Gasteiger partial charge in [-0.25, -0.2) is 0 Å². The Morgan fingerprint density at radius 3 is 2.79 bits per heavy atom. The van der Waals surface area contributed by atoms with E-state index in [4.69, 9.17) is 11.6 Å². The molecule has 1 fully saturated rings. The third-order valence-electron chi connectivity index (χ3n) is 4.35. The smallest absolute Gasteiger partial charge is 0.227 e. The summed E-state index contributed by atoms with van der Waals surface area (Å²) < 4.78 is 2.09. The van der Waals surface area contributed by atoms with Crippen LogP contribution in [0, 0.1) is 5.92 Å². The minimum absolute atomic E-state index is 0.0334. The summed E-state index contributed by atoms with van der Waals surface area (Å²) in [5.74, 6) is 1.56. The van der Waals surface area contributed by atoms with E-state index in [0.29, 0.717) is 17.4 Å². The molecule has 1 atom stereocenters. The van der Waals surface area contributed by atoms with Gasteiger partial charge < -0.3 is 9.47 Å². The summed E-state index contributed by atoms with van der Waals surface area (Å²) >= 11 is 5.91. The van der Waals surface area contributed by atoms with Gasteiger partial charge in [0.1, 0.15) is 6.33 Å². The van der Waals surface area contributed by atoms with Gasteiger partial charge in [-0.1, -0.05) is 37.6 Å². The summed E-state index contributed by atoms with van der Waals surface area (Å²) in [7, 11) is 0. The molecule has 0 N–H and O–H groups in total. The molecule has 0 bridgehead atoms. The first-order valence-corrected chi connectivity index (χ1v) is 8.84. The van der Waals surface area contributed by atoms with Crippen molar-refractivity contribution >= 4 is 17.5 Å². The fourth-order valence-corrected chi connectivity index (χ4v) is 3.39. The number of likely N-dealkylation sites (tertiary alicyclic amines) is 1. The molecule has 1 aliphatic heterocycles. The molecule has 1 aromatic heterocycles. The highest BCUT2D eigenvalue weighted by atomic mass is 35.5. The summed E-state index contributed by atoms with van der Waals surface area (Å²) in [6, 6.07) is 7.50. The second kappa shape index (κ2) is 7.34. The van der Waals surface area contributed by atoms with E-state index in [1.165, 1.54) is 0 Å². The number of carbonyl (C=O) groups is 1. The highest BCUT2D eigenvalue weighted by Gasteiger charge is 2.33. The largest absolute Gasteiger partial charge is 0.332 e. The molecule has 1 aliphatic rings. The molecule has 0 spiro atoms. The quantitative estimate of drug-likeness (QED) is 0.832. The van der Waals surface area contributed by atoms with Crippen molar-refractivity contribution in [2.45, 2.75) is 45.7 Å². The van der Waals surface area contributed by atoms with E-state index in [1.54, 1.807) is 6.33 Å². The lowest BCUT2D eigenvalue weighted by atomic mass is 10.1. The van der Waals surface area contributed by atoms with Gasteiger partial charge in [-0.15, -0.1) is 10.2 Å². The standard InChI is InChI=1S/C18H23ClN4O/c1-13(2)11-22-12-20-21-18(22)16-4-3-9-23(16)17(24)10-14-5-7-15(19)8-6-14/h5-8,12-13,16H,3-4,9-11H2,1-2H3/t16-/m0/s1. The summed E-state index contributed by atoms with van der Waals surface area (Å²) in [5, 5.41) is 9.06. The average Bonchev–Trinajstić information content (AvgIpc) is 3.17. The number of nitrogens with zero attached hydrogens (tertiary/aromatic N) is 4. The molecule has 6 heteroatoms. The topological polar surface area (TPSA) is 51.0 Å². The number of hydrogen-bond donors (Lipinski definition) is 0. The second-order valence-corrected chi connectivity index (χ2v) is 7.22. The lowest BCUT2D eigenvalue weighted by Gasteiger charge is -2.25. The van der Waals surface area contributed by atoms with Gasteiger partial charge in [-0.3, -0.25) is 4.79 Å². The van der Waals surface area contributed by atoms with Gasteiger partial charge >= 0.3 is 0 Å². The molecule has 5 nitrogen and oxygen atoms in total. The van der Waals surface area contributed by atoms with Crippen molar-refractivity contribution in [2.75, 3.05) is 6.54 Å². The Bertz CT molecular complexity index is 695. The maximum Gasteiger partial charge on any atom is 0.227 e. The highest BCUT2D eigenvalue weighted by Crippen LogP contribution is 2.31. The molecular weight excluding hydrogens is 324 g/mol. The Morgan fingerprint density at radius 2 is 2.08 bits per heavy atom. The number of halogens is 1. The summed E-state index contributed by atoms with van der Waals surface area (Å²) in [5.41, 5.74) is 0.985. The monoisotopic (exact) mass is 346 g/mol. The lowest BCUT2D eigenvalue weighted by Crippen LogP contribution is -2.33.